The van der Waals surface area contributed by atoms with Crippen molar-refractivity contribution in [2.75, 3.05) is 5.73 Å². The minimum absolute atomic E-state index is 0.0604. The van der Waals surface area contributed by atoms with E-state index in [1.54, 1.807) is 18.2 Å². The average molecular weight is 237 g/mol. The third kappa shape index (κ3) is 1.66. The molecule has 0 radical (unpaired) electrons. The second-order valence-corrected chi connectivity index (χ2v) is 4.10. The molecule has 2 N–H and O–H groups in total. The van der Waals surface area contributed by atoms with E-state index in [2.05, 4.69) is 0 Å². The lowest BCUT2D eigenvalue weighted by atomic mass is 10.1. The Morgan fingerprint density at radius 1 is 1.00 bits per heavy atom. The highest BCUT2D eigenvalue weighted by molar-refractivity contribution is 5.84. The number of fused-ring (bicyclic) bond motifs is 1. The number of hydrogen-bond acceptors (Lipinski definition) is 3. The summed E-state index contributed by atoms with van der Waals surface area (Å²) in [6.45, 7) is 0. The van der Waals surface area contributed by atoms with Crippen molar-refractivity contribution in [2.24, 2.45) is 0 Å². The molecule has 0 unspecified atom stereocenters. The number of benzene rings is 2. The van der Waals surface area contributed by atoms with Gasteiger partial charge in [-0.3, -0.25) is 4.79 Å². The Morgan fingerprint density at radius 2 is 1.78 bits per heavy atom. The summed E-state index contributed by atoms with van der Waals surface area (Å²) >= 11 is 0. The summed E-state index contributed by atoms with van der Waals surface area (Å²) in [5, 5.41) is 0.511. The third-order valence-electron chi connectivity index (χ3n) is 2.88. The van der Waals surface area contributed by atoms with E-state index in [1.165, 1.54) is 6.26 Å². The van der Waals surface area contributed by atoms with Crippen LogP contribution in [0.5, 0.6) is 0 Å². The molecule has 0 spiro atoms. The average Bonchev–Trinajstić information content (AvgIpc) is 2.41. The molecule has 0 aliphatic rings. The van der Waals surface area contributed by atoms with Gasteiger partial charge in [-0.05, 0) is 23.8 Å². The zero-order chi connectivity index (χ0) is 12.5. The highest BCUT2D eigenvalue weighted by atomic mass is 16.3. The predicted octanol–water partition coefficient (Wildman–Crippen LogP) is 3.04. The van der Waals surface area contributed by atoms with Gasteiger partial charge in [0.25, 0.3) is 0 Å². The van der Waals surface area contributed by atoms with Crippen molar-refractivity contribution in [3.05, 3.63) is 65.0 Å². The van der Waals surface area contributed by atoms with Crippen LogP contribution < -0.4 is 11.2 Å². The second kappa shape index (κ2) is 4.04. The first-order valence-electron chi connectivity index (χ1n) is 5.62. The molecule has 0 bridgehead atoms. The minimum atomic E-state index is -0.0604. The van der Waals surface area contributed by atoms with E-state index < -0.39 is 0 Å². The quantitative estimate of drug-likeness (QED) is 0.662. The molecule has 0 aliphatic heterocycles. The van der Waals surface area contributed by atoms with Gasteiger partial charge in [-0.15, -0.1) is 0 Å². The van der Waals surface area contributed by atoms with Crippen LogP contribution in [0.2, 0.25) is 0 Å². The lowest BCUT2D eigenvalue weighted by Crippen LogP contribution is -2.05. The maximum atomic E-state index is 12.4. The van der Waals surface area contributed by atoms with Crippen LogP contribution in [0.15, 0.2) is 64.0 Å². The lowest BCUT2D eigenvalue weighted by molar-refractivity contribution is 0.604. The summed E-state index contributed by atoms with van der Waals surface area (Å²) in [6, 6.07) is 14.5. The molecule has 0 fully saturated rings. The molecule has 0 saturated carbocycles. The Balaban J connectivity index is 2.33. The largest absolute Gasteiger partial charge is 0.463 e. The van der Waals surface area contributed by atoms with Gasteiger partial charge in [-0.1, -0.05) is 30.3 Å². The molecule has 18 heavy (non-hydrogen) atoms. The number of nitrogens with two attached hydrogens (primary N) is 1. The summed E-state index contributed by atoms with van der Waals surface area (Å²) in [6.07, 6.45) is 1.50. The van der Waals surface area contributed by atoms with E-state index in [0.717, 1.165) is 5.56 Å². The van der Waals surface area contributed by atoms with Gasteiger partial charge in [-0.2, -0.15) is 0 Å². The minimum Gasteiger partial charge on any atom is -0.463 e. The number of rotatable bonds is 1. The fraction of sp³-hybridized carbons (Fsp3) is 0. The molecular weight excluding hydrogens is 226 g/mol. The van der Waals surface area contributed by atoms with Crippen molar-refractivity contribution < 1.29 is 4.42 Å². The van der Waals surface area contributed by atoms with E-state index in [4.69, 9.17) is 10.2 Å². The first-order valence-corrected chi connectivity index (χ1v) is 5.62. The molecule has 0 atom stereocenters. The maximum absolute atomic E-state index is 12.4. The molecule has 0 aliphatic carbocycles. The van der Waals surface area contributed by atoms with Crippen LogP contribution in [0.4, 0.5) is 5.69 Å². The van der Waals surface area contributed by atoms with Gasteiger partial charge in [-0.25, -0.2) is 0 Å². The van der Waals surface area contributed by atoms with Gasteiger partial charge >= 0.3 is 0 Å². The number of hydrogen-bond donors (Lipinski definition) is 1. The van der Waals surface area contributed by atoms with Gasteiger partial charge in [0, 0.05) is 5.69 Å². The molecule has 3 nitrogen and oxygen atoms in total. The SMILES string of the molecule is Nc1ccc2occ(-c3ccccc3)c(=O)c2c1. The monoisotopic (exact) mass is 237 g/mol. The van der Waals surface area contributed by atoms with Crippen molar-refractivity contribution in [1.29, 1.82) is 0 Å². The third-order valence-corrected chi connectivity index (χ3v) is 2.88. The van der Waals surface area contributed by atoms with Crippen LogP contribution in [0, 0.1) is 0 Å². The van der Waals surface area contributed by atoms with Gasteiger partial charge in [0.1, 0.15) is 11.8 Å². The summed E-state index contributed by atoms with van der Waals surface area (Å²) in [5.41, 5.74) is 8.14. The zero-order valence-corrected chi connectivity index (χ0v) is 9.59. The Labute approximate surface area is 103 Å². The van der Waals surface area contributed by atoms with Crippen LogP contribution in [-0.4, -0.2) is 0 Å². The van der Waals surface area contributed by atoms with E-state index in [1.807, 2.05) is 30.3 Å². The van der Waals surface area contributed by atoms with Crippen molar-refractivity contribution in [3.8, 4) is 11.1 Å². The lowest BCUT2D eigenvalue weighted by Gasteiger charge is -2.03. The van der Waals surface area contributed by atoms with Crippen LogP contribution in [-0.2, 0) is 0 Å². The topological polar surface area (TPSA) is 56.2 Å². The van der Waals surface area contributed by atoms with Gasteiger partial charge in [0.05, 0.1) is 10.9 Å². The number of anilines is 1. The Morgan fingerprint density at radius 3 is 2.56 bits per heavy atom. The van der Waals surface area contributed by atoms with E-state index >= 15 is 0 Å². The zero-order valence-electron chi connectivity index (χ0n) is 9.59. The molecule has 1 heterocycles. The standard InChI is InChI=1S/C15H11NO2/c16-11-6-7-14-12(8-11)15(17)13(9-18-14)10-4-2-1-3-5-10/h1-9H,16H2. The van der Waals surface area contributed by atoms with Crippen LogP contribution in [0.25, 0.3) is 22.1 Å². The molecule has 0 saturated heterocycles. The van der Waals surface area contributed by atoms with Crippen molar-refractivity contribution in [1.82, 2.24) is 0 Å². The molecule has 3 aromatic rings. The Kier molecular flexibility index (Phi) is 2.38. The summed E-state index contributed by atoms with van der Waals surface area (Å²) in [5.74, 6) is 0. The molecule has 88 valence electrons. The van der Waals surface area contributed by atoms with E-state index in [9.17, 15) is 4.79 Å². The Bertz CT molecular complexity index is 760. The predicted molar refractivity (Wildman–Crippen MR) is 72.3 cm³/mol. The van der Waals surface area contributed by atoms with Crippen molar-refractivity contribution >= 4 is 16.7 Å². The van der Waals surface area contributed by atoms with Gasteiger partial charge in [0.15, 0.2) is 0 Å². The van der Waals surface area contributed by atoms with Crippen molar-refractivity contribution in [3.63, 3.8) is 0 Å². The molecule has 3 rings (SSSR count). The van der Waals surface area contributed by atoms with Gasteiger partial charge < -0.3 is 10.2 Å². The fourth-order valence-corrected chi connectivity index (χ4v) is 1.97. The first-order chi connectivity index (χ1) is 8.75. The molecule has 3 heteroatoms. The van der Waals surface area contributed by atoms with Crippen LogP contribution in [0.1, 0.15) is 0 Å². The number of nitrogen functional groups attached to an aromatic ring is 1. The van der Waals surface area contributed by atoms with Crippen molar-refractivity contribution in [2.45, 2.75) is 0 Å². The fourth-order valence-electron chi connectivity index (χ4n) is 1.97. The summed E-state index contributed by atoms with van der Waals surface area (Å²) in [7, 11) is 0. The highest BCUT2D eigenvalue weighted by Gasteiger charge is 2.08. The molecular formula is C15H11NO2. The molecule has 0 amide bonds. The maximum Gasteiger partial charge on any atom is 0.200 e. The molecule has 1 aromatic heterocycles. The smallest absolute Gasteiger partial charge is 0.200 e. The van der Waals surface area contributed by atoms with E-state index in [-0.39, 0.29) is 5.43 Å². The first kappa shape index (κ1) is 10.6. The van der Waals surface area contributed by atoms with Crippen LogP contribution in [0.3, 0.4) is 0 Å². The van der Waals surface area contributed by atoms with Crippen LogP contribution >= 0.6 is 0 Å². The highest BCUT2D eigenvalue weighted by Crippen LogP contribution is 2.20. The molecule has 2 aromatic carbocycles. The van der Waals surface area contributed by atoms with E-state index in [0.29, 0.717) is 22.2 Å². The Hall–Kier alpha value is -2.55. The summed E-state index contributed by atoms with van der Waals surface area (Å²) < 4.78 is 5.48. The van der Waals surface area contributed by atoms with Gasteiger partial charge in [0.2, 0.25) is 5.43 Å². The second-order valence-electron chi connectivity index (χ2n) is 4.10. The summed E-state index contributed by atoms with van der Waals surface area (Å²) in [4.78, 5) is 12.4. The normalized spacial score (nSPS) is 10.7.